The van der Waals surface area contributed by atoms with Gasteiger partial charge in [0, 0.05) is 23.5 Å². The monoisotopic (exact) mass is 248 g/mol. The molecule has 0 bridgehead atoms. The number of para-hydroxylation sites is 1. The topological polar surface area (TPSA) is 79.1 Å². The van der Waals surface area contributed by atoms with E-state index in [9.17, 15) is 4.79 Å². The SMILES string of the molecule is CC.Cc1cccc2c(CC(N)C(=O)O)c[nH]c12. The Morgan fingerprint density at radius 2 is 2.11 bits per heavy atom. The fourth-order valence-corrected chi connectivity index (χ4v) is 1.86. The number of nitrogens with two attached hydrogens (primary N) is 1. The first kappa shape index (κ1) is 14.3. The van der Waals surface area contributed by atoms with Crippen molar-refractivity contribution in [1.82, 2.24) is 4.98 Å². The molecule has 0 aliphatic carbocycles. The van der Waals surface area contributed by atoms with Crippen molar-refractivity contribution in [2.45, 2.75) is 33.2 Å². The third kappa shape index (κ3) is 2.90. The van der Waals surface area contributed by atoms with Crippen molar-refractivity contribution < 1.29 is 9.90 Å². The zero-order valence-corrected chi connectivity index (χ0v) is 11.0. The molecule has 4 nitrogen and oxygen atoms in total. The number of hydrogen-bond acceptors (Lipinski definition) is 2. The second-order valence-electron chi connectivity index (χ2n) is 3.96. The molecular formula is C14H20N2O2. The molecule has 1 atom stereocenters. The highest BCUT2D eigenvalue weighted by atomic mass is 16.4. The molecule has 0 amide bonds. The van der Waals surface area contributed by atoms with Crippen LogP contribution in [-0.2, 0) is 11.2 Å². The molecule has 18 heavy (non-hydrogen) atoms. The van der Waals surface area contributed by atoms with Crippen LogP contribution in [0.5, 0.6) is 0 Å². The van der Waals surface area contributed by atoms with E-state index in [1.54, 1.807) is 0 Å². The molecule has 1 aromatic carbocycles. The van der Waals surface area contributed by atoms with E-state index in [-0.39, 0.29) is 0 Å². The number of aromatic amines is 1. The first-order chi connectivity index (χ1) is 8.59. The Morgan fingerprint density at radius 3 is 2.72 bits per heavy atom. The van der Waals surface area contributed by atoms with Gasteiger partial charge in [0.15, 0.2) is 0 Å². The predicted octanol–water partition coefficient (Wildman–Crippen LogP) is 2.46. The van der Waals surface area contributed by atoms with Gasteiger partial charge in [0.25, 0.3) is 0 Å². The van der Waals surface area contributed by atoms with Crippen LogP contribution in [0.25, 0.3) is 10.9 Å². The number of benzene rings is 1. The van der Waals surface area contributed by atoms with Crippen molar-refractivity contribution >= 4 is 16.9 Å². The lowest BCUT2D eigenvalue weighted by Crippen LogP contribution is -2.32. The molecule has 1 heterocycles. The number of nitrogens with one attached hydrogen (secondary N) is 1. The van der Waals surface area contributed by atoms with Gasteiger partial charge in [0.1, 0.15) is 6.04 Å². The fourth-order valence-electron chi connectivity index (χ4n) is 1.86. The Balaban J connectivity index is 0.000000771. The number of carboxylic acid groups (broad SMARTS) is 1. The molecular weight excluding hydrogens is 228 g/mol. The van der Waals surface area contributed by atoms with Crippen LogP contribution < -0.4 is 5.73 Å². The van der Waals surface area contributed by atoms with Crippen LogP contribution in [-0.4, -0.2) is 22.1 Å². The number of H-pyrrole nitrogens is 1. The number of hydrogen-bond donors (Lipinski definition) is 3. The van der Waals surface area contributed by atoms with Crippen LogP contribution in [0.1, 0.15) is 25.0 Å². The zero-order valence-electron chi connectivity index (χ0n) is 11.0. The van der Waals surface area contributed by atoms with Crippen molar-refractivity contribution in [3.8, 4) is 0 Å². The van der Waals surface area contributed by atoms with Gasteiger partial charge in [-0.3, -0.25) is 4.79 Å². The van der Waals surface area contributed by atoms with Crippen molar-refractivity contribution in [1.29, 1.82) is 0 Å². The van der Waals surface area contributed by atoms with Crippen LogP contribution in [0.2, 0.25) is 0 Å². The number of aromatic nitrogens is 1. The average Bonchev–Trinajstić information content (AvgIpc) is 2.76. The molecule has 0 radical (unpaired) electrons. The maximum Gasteiger partial charge on any atom is 0.320 e. The Bertz CT molecular complexity index is 532. The van der Waals surface area contributed by atoms with Crippen LogP contribution in [0, 0.1) is 6.92 Å². The first-order valence-corrected chi connectivity index (χ1v) is 6.13. The summed E-state index contributed by atoms with van der Waals surface area (Å²) in [7, 11) is 0. The summed E-state index contributed by atoms with van der Waals surface area (Å²) < 4.78 is 0. The van der Waals surface area contributed by atoms with Crippen LogP contribution in [0.3, 0.4) is 0 Å². The molecule has 1 unspecified atom stereocenters. The fraction of sp³-hybridized carbons (Fsp3) is 0.357. The number of carboxylic acids is 1. The van der Waals surface area contributed by atoms with Crippen LogP contribution in [0.15, 0.2) is 24.4 Å². The number of fused-ring (bicyclic) bond motifs is 1. The summed E-state index contributed by atoms with van der Waals surface area (Å²) in [6.07, 6.45) is 2.18. The van der Waals surface area contributed by atoms with Gasteiger partial charge >= 0.3 is 5.97 Å². The molecule has 98 valence electrons. The minimum Gasteiger partial charge on any atom is -0.480 e. The predicted molar refractivity (Wildman–Crippen MR) is 73.7 cm³/mol. The van der Waals surface area contributed by atoms with E-state index in [2.05, 4.69) is 4.98 Å². The summed E-state index contributed by atoms with van der Waals surface area (Å²) in [6, 6.07) is 5.10. The van der Waals surface area contributed by atoms with Gasteiger partial charge in [0.2, 0.25) is 0 Å². The number of aryl methyl sites for hydroxylation is 1. The smallest absolute Gasteiger partial charge is 0.320 e. The first-order valence-electron chi connectivity index (χ1n) is 6.13. The second kappa shape index (κ2) is 6.21. The highest BCUT2D eigenvalue weighted by Gasteiger charge is 2.14. The minimum atomic E-state index is -0.970. The van der Waals surface area contributed by atoms with Crippen molar-refractivity contribution in [2.75, 3.05) is 0 Å². The molecule has 0 saturated carbocycles. The number of rotatable bonds is 3. The Kier molecular flexibility index (Phi) is 4.92. The summed E-state index contributed by atoms with van der Waals surface area (Å²) in [4.78, 5) is 13.8. The van der Waals surface area contributed by atoms with Gasteiger partial charge < -0.3 is 15.8 Å². The van der Waals surface area contributed by atoms with Crippen molar-refractivity contribution in [3.05, 3.63) is 35.5 Å². The Hall–Kier alpha value is -1.81. The average molecular weight is 248 g/mol. The van der Waals surface area contributed by atoms with Gasteiger partial charge in [-0.1, -0.05) is 32.0 Å². The van der Waals surface area contributed by atoms with Crippen LogP contribution in [0.4, 0.5) is 0 Å². The van der Waals surface area contributed by atoms with E-state index in [4.69, 9.17) is 10.8 Å². The molecule has 4 heteroatoms. The highest BCUT2D eigenvalue weighted by Crippen LogP contribution is 2.21. The molecule has 4 N–H and O–H groups in total. The lowest BCUT2D eigenvalue weighted by Gasteiger charge is -2.04. The summed E-state index contributed by atoms with van der Waals surface area (Å²) in [5.41, 5.74) is 8.67. The van der Waals surface area contributed by atoms with E-state index in [1.807, 2.05) is 45.2 Å². The lowest BCUT2D eigenvalue weighted by molar-refractivity contribution is -0.138. The van der Waals surface area contributed by atoms with E-state index >= 15 is 0 Å². The molecule has 0 fully saturated rings. The third-order valence-corrected chi connectivity index (χ3v) is 2.77. The second-order valence-corrected chi connectivity index (χ2v) is 3.96. The molecule has 1 aromatic heterocycles. The third-order valence-electron chi connectivity index (χ3n) is 2.77. The van der Waals surface area contributed by atoms with E-state index in [0.717, 1.165) is 22.0 Å². The standard InChI is InChI=1S/C12H14N2O2.C2H6/c1-7-3-2-4-9-8(6-14-11(7)9)5-10(13)12(15)16;1-2/h2-4,6,10,14H,5,13H2,1H3,(H,15,16);1-2H3. The normalized spacial score (nSPS) is 11.8. The van der Waals surface area contributed by atoms with Gasteiger partial charge in [-0.05, 0) is 18.1 Å². The van der Waals surface area contributed by atoms with Crippen molar-refractivity contribution in [3.63, 3.8) is 0 Å². The molecule has 0 saturated heterocycles. The summed E-state index contributed by atoms with van der Waals surface area (Å²) in [5.74, 6) is -0.970. The van der Waals surface area contributed by atoms with Gasteiger partial charge in [-0.15, -0.1) is 0 Å². The molecule has 0 spiro atoms. The highest BCUT2D eigenvalue weighted by molar-refractivity contribution is 5.86. The van der Waals surface area contributed by atoms with Gasteiger partial charge in [-0.2, -0.15) is 0 Å². The van der Waals surface area contributed by atoms with Gasteiger partial charge in [-0.25, -0.2) is 0 Å². The lowest BCUT2D eigenvalue weighted by atomic mass is 10.0. The Morgan fingerprint density at radius 1 is 1.44 bits per heavy atom. The van der Waals surface area contributed by atoms with Gasteiger partial charge in [0.05, 0.1) is 0 Å². The summed E-state index contributed by atoms with van der Waals surface area (Å²) >= 11 is 0. The van der Waals surface area contributed by atoms with Crippen molar-refractivity contribution in [2.24, 2.45) is 5.73 Å². The maximum atomic E-state index is 10.7. The molecule has 2 aromatic rings. The molecule has 0 aliphatic rings. The largest absolute Gasteiger partial charge is 0.480 e. The van der Waals surface area contributed by atoms with E-state index in [1.165, 1.54) is 0 Å². The summed E-state index contributed by atoms with van der Waals surface area (Å²) in [5, 5.41) is 9.82. The molecule has 0 aliphatic heterocycles. The maximum absolute atomic E-state index is 10.7. The zero-order chi connectivity index (χ0) is 13.7. The quantitative estimate of drug-likeness (QED) is 0.780. The number of aliphatic carboxylic acids is 1. The summed E-state index contributed by atoms with van der Waals surface area (Å²) in [6.45, 7) is 6.01. The van der Waals surface area contributed by atoms with E-state index in [0.29, 0.717) is 6.42 Å². The minimum absolute atomic E-state index is 0.346. The van der Waals surface area contributed by atoms with E-state index < -0.39 is 12.0 Å². The molecule has 2 rings (SSSR count). The number of carbonyl (C=O) groups is 1. The Labute approximate surface area is 107 Å². The van der Waals surface area contributed by atoms with Crippen LogP contribution >= 0.6 is 0 Å².